The molecular formula is C12H18N2O3. The van der Waals surface area contributed by atoms with E-state index >= 15 is 0 Å². The lowest BCUT2D eigenvalue weighted by molar-refractivity contribution is -0.384. The molecule has 0 aliphatic heterocycles. The zero-order valence-corrected chi connectivity index (χ0v) is 10.4. The van der Waals surface area contributed by atoms with Crippen molar-refractivity contribution in [3.63, 3.8) is 0 Å². The molecule has 0 saturated carbocycles. The predicted molar refractivity (Wildman–Crippen MR) is 67.3 cm³/mol. The molecule has 0 saturated heterocycles. The van der Waals surface area contributed by atoms with Crippen molar-refractivity contribution >= 4 is 11.4 Å². The maximum absolute atomic E-state index is 10.6. The lowest BCUT2D eigenvalue weighted by Crippen LogP contribution is -2.25. The Morgan fingerprint density at radius 3 is 2.76 bits per heavy atom. The van der Waals surface area contributed by atoms with Gasteiger partial charge < -0.3 is 10.1 Å². The van der Waals surface area contributed by atoms with Gasteiger partial charge in [-0.15, -0.1) is 0 Å². The highest BCUT2D eigenvalue weighted by Gasteiger charge is 2.15. The Morgan fingerprint density at radius 1 is 1.47 bits per heavy atom. The maximum atomic E-state index is 10.6. The zero-order valence-electron chi connectivity index (χ0n) is 10.4. The number of nitro groups is 1. The van der Waals surface area contributed by atoms with Gasteiger partial charge in [0, 0.05) is 31.5 Å². The van der Waals surface area contributed by atoms with E-state index in [9.17, 15) is 10.1 Å². The van der Waals surface area contributed by atoms with Gasteiger partial charge in [0.2, 0.25) is 0 Å². The predicted octanol–water partition coefficient (Wildman–Crippen LogP) is 2.82. The van der Waals surface area contributed by atoms with E-state index in [1.807, 2.05) is 19.9 Å². The summed E-state index contributed by atoms with van der Waals surface area (Å²) in [5.74, 6) is 0. The minimum absolute atomic E-state index is 0.0981. The van der Waals surface area contributed by atoms with Crippen LogP contribution in [-0.4, -0.2) is 24.2 Å². The molecule has 1 aromatic carbocycles. The molecule has 0 unspecified atom stereocenters. The quantitative estimate of drug-likeness (QED) is 0.611. The molecule has 1 aromatic rings. The number of hydrogen-bond donors (Lipinski definition) is 1. The molecule has 0 aliphatic carbocycles. The molecule has 0 aromatic heterocycles. The number of benzene rings is 1. The smallest absolute Gasteiger partial charge is 0.271 e. The standard InChI is InChI=1S/C12H18N2O3/c1-12(2,17-3)7-8-13-10-5-4-6-11(9-10)14(15)16/h4-6,9,13H,7-8H2,1-3H3. The molecule has 1 N–H and O–H groups in total. The van der Waals surface area contributed by atoms with Crippen LogP contribution in [0.2, 0.25) is 0 Å². The van der Waals surface area contributed by atoms with Crippen LogP contribution in [-0.2, 0) is 4.74 Å². The molecule has 17 heavy (non-hydrogen) atoms. The van der Waals surface area contributed by atoms with Crippen molar-refractivity contribution in [1.82, 2.24) is 0 Å². The molecule has 1 rings (SSSR count). The van der Waals surface area contributed by atoms with Crippen molar-refractivity contribution in [1.29, 1.82) is 0 Å². The van der Waals surface area contributed by atoms with Crippen LogP contribution in [0.4, 0.5) is 11.4 Å². The molecule has 5 heteroatoms. The van der Waals surface area contributed by atoms with E-state index in [0.717, 1.165) is 12.1 Å². The van der Waals surface area contributed by atoms with Crippen molar-refractivity contribution in [2.24, 2.45) is 0 Å². The van der Waals surface area contributed by atoms with Crippen molar-refractivity contribution in [3.05, 3.63) is 34.4 Å². The molecule has 0 bridgehead atoms. The van der Waals surface area contributed by atoms with Crippen LogP contribution in [0.15, 0.2) is 24.3 Å². The van der Waals surface area contributed by atoms with Gasteiger partial charge in [-0.2, -0.15) is 0 Å². The lowest BCUT2D eigenvalue weighted by Gasteiger charge is -2.22. The minimum Gasteiger partial charge on any atom is -0.385 e. The average molecular weight is 238 g/mol. The van der Waals surface area contributed by atoms with Gasteiger partial charge in [0.05, 0.1) is 10.5 Å². The Hall–Kier alpha value is -1.62. The highest BCUT2D eigenvalue weighted by Crippen LogP contribution is 2.18. The Balaban J connectivity index is 2.52. The monoisotopic (exact) mass is 238 g/mol. The van der Waals surface area contributed by atoms with Gasteiger partial charge >= 0.3 is 0 Å². The van der Waals surface area contributed by atoms with Crippen LogP contribution in [0.3, 0.4) is 0 Å². The lowest BCUT2D eigenvalue weighted by atomic mass is 10.1. The minimum atomic E-state index is -0.399. The number of ether oxygens (including phenoxy) is 1. The Morgan fingerprint density at radius 2 is 2.18 bits per heavy atom. The Kier molecular flexibility index (Phi) is 4.45. The largest absolute Gasteiger partial charge is 0.385 e. The number of nitrogens with one attached hydrogen (secondary N) is 1. The summed E-state index contributed by atoms with van der Waals surface area (Å²) in [4.78, 5) is 10.2. The summed E-state index contributed by atoms with van der Waals surface area (Å²) >= 11 is 0. The van der Waals surface area contributed by atoms with Crippen molar-refractivity contribution in [2.45, 2.75) is 25.9 Å². The normalized spacial score (nSPS) is 11.2. The van der Waals surface area contributed by atoms with Crippen LogP contribution in [0.1, 0.15) is 20.3 Å². The van der Waals surface area contributed by atoms with Gasteiger partial charge in [-0.1, -0.05) is 6.07 Å². The number of anilines is 1. The van der Waals surface area contributed by atoms with Crippen molar-refractivity contribution in [3.8, 4) is 0 Å². The number of non-ortho nitro benzene ring substituents is 1. The third-order valence-corrected chi connectivity index (χ3v) is 2.67. The van der Waals surface area contributed by atoms with E-state index in [1.54, 1.807) is 13.2 Å². The molecule has 0 heterocycles. The second-order valence-electron chi connectivity index (χ2n) is 4.45. The molecular weight excluding hydrogens is 220 g/mol. The fraction of sp³-hybridized carbons (Fsp3) is 0.500. The number of rotatable bonds is 6. The third-order valence-electron chi connectivity index (χ3n) is 2.67. The highest BCUT2D eigenvalue weighted by atomic mass is 16.6. The third kappa shape index (κ3) is 4.40. The van der Waals surface area contributed by atoms with Gasteiger partial charge in [-0.3, -0.25) is 10.1 Å². The number of methoxy groups -OCH3 is 1. The van der Waals surface area contributed by atoms with Gasteiger partial charge in [0.1, 0.15) is 0 Å². The van der Waals surface area contributed by atoms with Crippen molar-refractivity contribution < 1.29 is 9.66 Å². The number of nitrogens with zero attached hydrogens (tertiary/aromatic N) is 1. The highest BCUT2D eigenvalue weighted by molar-refractivity contribution is 5.50. The van der Waals surface area contributed by atoms with Crippen LogP contribution < -0.4 is 5.32 Å². The first-order chi connectivity index (χ1) is 7.94. The van der Waals surface area contributed by atoms with E-state index < -0.39 is 4.92 Å². The second kappa shape index (κ2) is 5.63. The Labute approximate surface area is 101 Å². The molecule has 0 amide bonds. The van der Waals surface area contributed by atoms with Gasteiger partial charge in [0.25, 0.3) is 5.69 Å². The van der Waals surface area contributed by atoms with Crippen molar-refractivity contribution in [2.75, 3.05) is 19.0 Å². The summed E-state index contributed by atoms with van der Waals surface area (Å²) in [5.41, 5.74) is 0.667. The molecule has 5 nitrogen and oxygen atoms in total. The van der Waals surface area contributed by atoms with E-state index in [2.05, 4.69) is 5.32 Å². The van der Waals surface area contributed by atoms with Crippen LogP contribution in [0.25, 0.3) is 0 Å². The average Bonchev–Trinajstić information content (AvgIpc) is 2.29. The second-order valence-corrected chi connectivity index (χ2v) is 4.45. The first kappa shape index (κ1) is 13.4. The van der Waals surface area contributed by atoms with E-state index in [0.29, 0.717) is 6.54 Å². The summed E-state index contributed by atoms with van der Waals surface area (Å²) in [5, 5.41) is 13.7. The molecule has 0 radical (unpaired) electrons. The molecule has 0 aliphatic rings. The summed E-state index contributed by atoms with van der Waals surface area (Å²) < 4.78 is 5.29. The number of nitro benzene ring substituents is 1. The summed E-state index contributed by atoms with van der Waals surface area (Å²) in [6.07, 6.45) is 0.826. The fourth-order valence-electron chi connectivity index (χ4n) is 1.34. The summed E-state index contributed by atoms with van der Waals surface area (Å²) in [6.45, 7) is 4.71. The van der Waals surface area contributed by atoms with Gasteiger partial charge in [0.15, 0.2) is 0 Å². The van der Waals surface area contributed by atoms with Crippen LogP contribution >= 0.6 is 0 Å². The van der Waals surface area contributed by atoms with Gasteiger partial charge in [-0.25, -0.2) is 0 Å². The van der Waals surface area contributed by atoms with E-state index in [-0.39, 0.29) is 11.3 Å². The maximum Gasteiger partial charge on any atom is 0.271 e. The Bertz CT molecular complexity index is 391. The zero-order chi connectivity index (χ0) is 12.9. The fourth-order valence-corrected chi connectivity index (χ4v) is 1.34. The van der Waals surface area contributed by atoms with E-state index in [1.165, 1.54) is 12.1 Å². The molecule has 0 atom stereocenters. The first-order valence-corrected chi connectivity index (χ1v) is 5.48. The summed E-state index contributed by atoms with van der Waals surface area (Å²) in [7, 11) is 1.67. The SMILES string of the molecule is COC(C)(C)CCNc1cccc([N+](=O)[O-])c1. The molecule has 94 valence electrons. The number of hydrogen-bond acceptors (Lipinski definition) is 4. The van der Waals surface area contributed by atoms with Crippen LogP contribution in [0, 0.1) is 10.1 Å². The first-order valence-electron chi connectivity index (χ1n) is 5.48. The molecule has 0 fully saturated rings. The topological polar surface area (TPSA) is 64.4 Å². The molecule has 0 spiro atoms. The van der Waals surface area contributed by atoms with Gasteiger partial charge in [-0.05, 0) is 26.3 Å². The van der Waals surface area contributed by atoms with Crippen LogP contribution in [0.5, 0.6) is 0 Å². The van der Waals surface area contributed by atoms with E-state index in [4.69, 9.17) is 4.74 Å². The summed E-state index contributed by atoms with van der Waals surface area (Å²) in [6, 6.07) is 6.48.